The van der Waals surface area contributed by atoms with Crippen LogP contribution in [-0.2, 0) is 7.05 Å². The van der Waals surface area contributed by atoms with Crippen molar-refractivity contribution in [1.29, 1.82) is 0 Å². The Morgan fingerprint density at radius 3 is 2.61 bits per heavy atom. The summed E-state index contributed by atoms with van der Waals surface area (Å²) >= 11 is 5.40. The second-order valence-corrected chi connectivity index (χ2v) is 4.98. The summed E-state index contributed by atoms with van der Waals surface area (Å²) in [6.45, 7) is 4.21. The summed E-state index contributed by atoms with van der Waals surface area (Å²) in [4.78, 5) is 3.24. The molecule has 4 nitrogen and oxygen atoms in total. The Morgan fingerprint density at radius 2 is 1.94 bits per heavy atom. The Kier molecular flexibility index (Phi) is 2.38. The van der Waals surface area contributed by atoms with Crippen molar-refractivity contribution in [3.63, 3.8) is 0 Å². The number of nitrogens with one attached hydrogen (secondary N) is 1. The van der Waals surface area contributed by atoms with E-state index in [0.29, 0.717) is 4.77 Å². The molecule has 1 aromatic carbocycles. The monoisotopic (exact) mass is 258 g/mol. The van der Waals surface area contributed by atoms with E-state index in [1.165, 1.54) is 11.1 Å². The molecule has 0 radical (unpaired) electrons. The van der Waals surface area contributed by atoms with Crippen molar-refractivity contribution < 1.29 is 0 Å². The first kappa shape index (κ1) is 11.2. The maximum atomic E-state index is 5.40. The maximum Gasteiger partial charge on any atom is 0.182 e. The molecule has 0 saturated heterocycles. The van der Waals surface area contributed by atoms with E-state index in [4.69, 9.17) is 12.2 Å². The number of aryl methyl sites for hydroxylation is 3. The number of imidazole rings is 1. The number of hydrogen-bond acceptors (Lipinski definition) is 2. The van der Waals surface area contributed by atoms with Gasteiger partial charge < -0.3 is 4.98 Å². The fourth-order valence-electron chi connectivity index (χ4n) is 2.15. The van der Waals surface area contributed by atoms with Gasteiger partial charge in [0.1, 0.15) is 0 Å². The molecule has 92 valence electrons. The lowest BCUT2D eigenvalue weighted by molar-refractivity contribution is 0.767. The van der Waals surface area contributed by atoms with E-state index in [9.17, 15) is 0 Å². The van der Waals surface area contributed by atoms with Crippen LogP contribution in [0.2, 0.25) is 0 Å². The SMILES string of the molecule is Cc1cc2[nH]c(=S)n(-c3cnn(C)c3)c2cc1C. The fraction of sp³-hybridized carbons (Fsp3) is 0.231. The quantitative estimate of drug-likeness (QED) is 0.681. The van der Waals surface area contributed by atoms with E-state index < -0.39 is 0 Å². The van der Waals surface area contributed by atoms with E-state index in [1.54, 1.807) is 4.68 Å². The van der Waals surface area contributed by atoms with Gasteiger partial charge in [0.25, 0.3) is 0 Å². The van der Waals surface area contributed by atoms with Crippen LogP contribution in [0.15, 0.2) is 24.5 Å². The molecule has 0 bridgehead atoms. The molecule has 0 fully saturated rings. The van der Waals surface area contributed by atoms with E-state index >= 15 is 0 Å². The predicted octanol–water partition coefficient (Wildman–Crippen LogP) is 3.04. The Bertz CT molecular complexity index is 791. The highest BCUT2D eigenvalue weighted by Crippen LogP contribution is 2.22. The number of hydrogen-bond donors (Lipinski definition) is 1. The van der Waals surface area contributed by atoms with Crippen LogP contribution >= 0.6 is 12.2 Å². The summed E-state index contributed by atoms with van der Waals surface area (Å²) in [5.74, 6) is 0. The molecule has 0 aliphatic heterocycles. The normalized spacial score (nSPS) is 11.3. The zero-order chi connectivity index (χ0) is 12.9. The van der Waals surface area contributed by atoms with Crippen LogP contribution < -0.4 is 0 Å². The molecule has 0 spiro atoms. The summed E-state index contributed by atoms with van der Waals surface area (Å²) in [5, 5.41) is 4.20. The average Bonchev–Trinajstić information content (AvgIpc) is 2.83. The largest absolute Gasteiger partial charge is 0.330 e. The Morgan fingerprint density at radius 1 is 1.22 bits per heavy atom. The van der Waals surface area contributed by atoms with Gasteiger partial charge in [-0.25, -0.2) is 0 Å². The van der Waals surface area contributed by atoms with Gasteiger partial charge in [0.05, 0.1) is 22.9 Å². The van der Waals surface area contributed by atoms with E-state index in [-0.39, 0.29) is 0 Å². The van der Waals surface area contributed by atoms with Crippen molar-refractivity contribution in [1.82, 2.24) is 19.3 Å². The first-order chi connectivity index (χ1) is 8.56. The lowest BCUT2D eigenvalue weighted by atomic mass is 10.1. The van der Waals surface area contributed by atoms with E-state index in [0.717, 1.165) is 16.7 Å². The summed E-state index contributed by atoms with van der Waals surface area (Å²) in [7, 11) is 1.90. The molecule has 18 heavy (non-hydrogen) atoms. The van der Waals surface area contributed by atoms with Gasteiger partial charge in [-0.2, -0.15) is 5.10 Å². The number of aromatic amines is 1. The van der Waals surface area contributed by atoms with Gasteiger partial charge in [-0.1, -0.05) is 0 Å². The molecule has 0 saturated carbocycles. The van der Waals surface area contributed by atoms with Crippen LogP contribution in [0.3, 0.4) is 0 Å². The zero-order valence-corrected chi connectivity index (χ0v) is 11.4. The minimum Gasteiger partial charge on any atom is -0.330 e. The third-order valence-electron chi connectivity index (χ3n) is 3.25. The van der Waals surface area contributed by atoms with Gasteiger partial charge >= 0.3 is 0 Å². The van der Waals surface area contributed by atoms with Crippen LogP contribution in [0, 0.1) is 18.6 Å². The molecule has 0 atom stereocenters. The molecule has 0 aliphatic rings. The molecule has 0 unspecified atom stereocenters. The summed E-state index contributed by atoms with van der Waals surface area (Å²) < 4.78 is 4.49. The van der Waals surface area contributed by atoms with Crippen molar-refractivity contribution in [3.8, 4) is 5.69 Å². The lowest BCUT2D eigenvalue weighted by Gasteiger charge is -2.03. The van der Waals surface area contributed by atoms with Crippen molar-refractivity contribution in [3.05, 3.63) is 40.4 Å². The fourth-order valence-corrected chi connectivity index (χ4v) is 2.46. The van der Waals surface area contributed by atoms with Gasteiger partial charge in [-0.05, 0) is 49.3 Å². The van der Waals surface area contributed by atoms with Crippen LogP contribution in [0.5, 0.6) is 0 Å². The van der Waals surface area contributed by atoms with Gasteiger partial charge in [-0.3, -0.25) is 9.25 Å². The highest BCUT2D eigenvalue weighted by Gasteiger charge is 2.09. The summed E-state index contributed by atoms with van der Waals surface area (Å²) in [6, 6.07) is 4.29. The van der Waals surface area contributed by atoms with Crippen LogP contribution in [0.25, 0.3) is 16.7 Å². The number of fused-ring (bicyclic) bond motifs is 1. The summed E-state index contributed by atoms with van der Waals surface area (Å²) in [6.07, 6.45) is 3.77. The molecular formula is C13H14N4S. The molecule has 0 aliphatic carbocycles. The second kappa shape index (κ2) is 3.81. The molecule has 3 rings (SSSR count). The zero-order valence-electron chi connectivity index (χ0n) is 10.6. The van der Waals surface area contributed by atoms with Gasteiger partial charge in [0, 0.05) is 13.2 Å². The minimum atomic E-state index is 0.697. The Hall–Kier alpha value is -1.88. The number of H-pyrrole nitrogens is 1. The van der Waals surface area contributed by atoms with Gasteiger partial charge in [0.2, 0.25) is 0 Å². The molecule has 2 heterocycles. The number of aromatic nitrogens is 4. The smallest absolute Gasteiger partial charge is 0.182 e. The molecule has 0 amide bonds. The average molecular weight is 258 g/mol. The maximum absolute atomic E-state index is 5.40. The van der Waals surface area contributed by atoms with Gasteiger partial charge in [-0.15, -0.1) is 0 Å². The Balaban J connectivity index is 2.38. The van der Waals surface area contributed by atoms with Crippen molar-refractivity contribution >= 4 is 23.3 Å². The first-order valence-corrected chi connectivity index (χ1v) is 6.18. The minimum absolute atomic E-state index is 0.697. The van der Waals surface area contributed by atoms with Crippen molar-refractivity contribution in [2.24, 2.45) is 7.05 Å². The van der Waals surface area contributed by atoms with Crippen LogP contribution in [-0.4, -0.2) is 19.3 Å². The second-order valence-electron chi connectivity index (χ2n) is 4.59. The molecule has 3 aromatic rings. The van der Waals surface area contributed by atoms with Gasteiger partial charge in [0.15, 0.2) is 4.77 Å². The van der Waals surface area contributed by atoms with Crippen molar-refractivity contribution in [2.45, 2.75) is 13.8 Å². The number of benzene rings is 1. The third kappa shape index (κ3) is 1.59. The molecule has 5 heteroatoms. The molecule has 2 aromatic heterocycles. The highest BCUT2D eigenvalue weighted by molar-refractivity contribution is 7.71. The topological polar surface area (TPSA) is 38.5 Å². The van der Waals surface area contributed by atoms with E-state index in [2.05, 4.69) is 36.1 Å². The standard InChI is InChI=1S/C13H14N4S/c1-8-4-11-12(5-9(8)2)17(13(18)15-11)10-6-14-16(3)7-10/h4-7H,1-3H3,(H,15,18). The van der Waals surface area contributed by atoms with Crippen molar-refractivity contribution in [2.75, 3.05) is 0 Å². The lowest BCUT2D eigenvalue weighted by Crippen LogP contribution is -1.93. The number of nitrogens with zero attached hydrogens (tertiary/aromatic N) is 3. The molecule has 1 N–H and O–H groups in total. The summed E-state index contributed by atoms with van der Waals surface area (Å²) in [5.41, 5.74) is 5.66. The first-order valence-electron chi connectivity index (χ1n) is 5.77. The van der Waals surface area contributed by atoms with Crippen LogP contribution in [0.1, 0.15) is 11.1 Å². The number of rotatable bonds is 1. The molecular weight excluding hydrogens is 244 g/mol. The third-order valence-corrected chi connectivity index (χ3v) is 3.53. The van der Waals surface area contributed by atoms with E-state index in [1.807, 2.05) is 24.0 Å². The van der Waals surface area contributed by atoms with Crippen LogP contribution in [0.4, 0.5) is 0 Å². The Labute approximate surface area is 110 Å². The highest BCUT2D eigenvalue weighted by atomic mass is 32.1. The predicted molar refractivity (Wildman–Crippen MR) is 74.7 cm³/mol.